The first-order valence-corrected chi connectivity index (χ1v) is 8.92. The van der Waals surface area contributed by atoms with E-state index in [-0.39, 0.29) is 50.3 Å². The molecule has 0 amide bonds. The van der Waals surface area contributed by atoms with Crippen LogP contribution in [0.3, 0.4) is 0 Å². The molecule has 4 N–H and O–H groups in total. The maximum Gasteiger partial charge on any atom is 0.307 e. The molecule has 0 aliphatic rings. The van der Waals surface area contributed by atoms with E-state index in [4.69, 9.17) is 20.4 Å². The van der Waals surface area contributed by atoms with Gasteiger partial charge in [-0.3, -0.25) is 19.2 Å². The smallest absolute Gasteiger partial charge is 0.307 e. The molecule has 0 aromatic rings. The minimum atomic E-state index is -2.24. The largest absolute Gasteiger partial charge is 0.481 e. The molecule has 0 spiro atoms. The van der Waals surface area contributed by atoms with Crippen LogP contribution in [0.15, 0.2) is 0 Å². The molecule has 0 saturated heterocycles. The lowest BCUT2D eigenvalue weighted by molar-refractivity contribution is -0.137. The van der Waals surface area contributed by atoms with E-state index >= 15 is 0 Å². The van der Waals surface area contributed by atoms with Crippen molar-refractivity contribution in [3.05, 3.63) is 0 Å². The van der Waals surface area contributed by atoms with Gasteiger partial charge in [0.05, 0.1) is 50.3 Å². The Morgan fingerprint density at radius 1 is 0.524 bits per heavy atom. The average molecular weight is 323 g/mol. The van der Waals surface area contributed by atoms with Gasteiger partial charge in [-0.25, -0.2) is 0 Å². The van der Waals surface area contributed by atoms with Gasteiger partial charge in [-0.1, -0.05) is 0 Å². The summed E-state index contributed by atoms with van der Waals surface area (Å²) < 4.78 is 0. The molecule has 0 bridgehead atoms. The summed E-state index contributed by atoms with van der Waals surface area (Å²) in [6, 6.07) is 0. The summed E-state index contributed by atoms with van der Waals surface area (Å²) in [6.07, 6.45) is -0.1000. The van der Waals surface area contributed by atoms with Crippen molar-refractivity contribution < 1.29 is 39.6 Å². The van der Waals surface area contributed by atoms with Crippen molar-refractivity contribution in [3.8, 4) is 0 Å². The van der Waals surface area contributed by atoms with E-state index in [1.54, 1.807) is 0 Å². The zero-order valence-corrected chi connectivity index (χ0v) is 12.4. The number of rotatable bonds is 12. The summed E-state index contributed by atoms with van der Waals surface area (Å²) >= 11 is 0. The number of aliphatic carboxylic acids is 4. The number of carboxylic acids is 4. The third kappa shape index (κ3) is 9.79. The van der Waals surface area contributed by atoms with Crippen LogP contribution in [0.4, 0.5) is 0 Å². The van der Waals surface area contributed by atoms with Crippen LogP contribution in [0.25, 0.3) is 0 Å². The summed E-state index contributed by atoms with van der Waals surface area (Å²) in [7, 11) is -2.24. The fraction of sp³-hybridized carbons (Fsp3) is 0.667. The van der Waals surface area contributed by atoms with Crippen molar-refractivity contribution in [2.24, 2.45) is 0 Å². The van der Waals surface area contributed by atoms with E-state index in [0.29, 0.717) is 0 Å². The molecule has 9 heteroatoms. The van der Waals surface area contributed by atoms with E-state index < -0.39 is 31.1 Å². The Hall–Kier alpha value is -1.69. The lowest BCUT2D eigenvalue weighted by Gasteiger charge is -2.26. The lowest BCUT2D eigenvalue weighted by atomic mass is 10.5. The number of carboxylic acid groups (broad SMARTS) is 4. The van der Waals surface area contributed by atoms with Gasteiger partial charge in [-0.2, -0.15) is 0 Å². The van der Waals surface area contributed by atoms with E-state index in [0.717, 1.165) is 0 Å². The highest BCUT2D eigenvalue weighted by Crippen LogP contribution is 2.60. The highest BCUT2D eigenvalue weighted by molar-refractivity contribution is 7.76. The van der Waals surface area contributed by atoms with Gasteiger partial charge >= 0.3 is 23.9 Å². The van der Waals surface area contributed by atoms with E-state index in [1.165, 1.54) is 0 Å². The molecule has 120 valence electrons. The normalized spacial score (nSPS) is 11.0. The predicted octanol–water partition coefficient (Wildman–Crippen LogP) is 0.903. The molecule has 0 aliphatic carbocycles. The van der Waals surface area contributed by atoms with Gasteiger partial charge in [0.15, 0.2) is 0 Å². The standard InChI is InChI=1S/C12H19O8P/c13-9(14)1-5-21(6-2-10(15)16,7-3-11(17)18)8-4-12(19)20/h1-8H2,(H3-,13,14,15,16,17,18,19,20)/p+1. The van der Waals surface area contributed by atoms with Gasteiger partial charge in [-0.15, -0.1) is 0 Å². The van der Waals surface area contributed by atoms with Gasteiger partial charge in [0, 0.05) is 7.26 Å². The Morgan fingerprint density at radius 3 is 0.857 bits per heavy atom. The Labute approximate surface area is 122 Å². The summed E-state index contributed by atoms with van der Waals surface area (Å²) in [4.78, 5) is 42.9. The van der Waals surface area contributed by atoms with Crippen molar-refractivity contribution in [3.63, 3.8) is 0 Å². The highest BCUT2D eigenvalue weighted by atomic mass is 31.2. The first kappa shape index (κ1) is 19.3. The van der Waals surface area contributed by atoms with Crippen LogP contribution in [0.1, 0.15) is 25.7 Å². The molecular weight excluding hydrogens is 303 g/mol. The number of carbonyl (C=O) groups is 4. The third-order valence-corrected chi connectivity index (χ3v) is 7.89. The molecule has 0 aromatic heterocycles. The van der Waals surface area contributed by atoms with Crippen molar-refractivity contribution in [2.45, 2.75) is 25.7 Å². The van der Waals surface area contributed by atoms with E-state index in [1.807, 2.05) is 0 Å². The first-order valence-electron chi connectivity index (χ1n) is 6.39. The minimum Gasteiger partial charge on any atom is -0.481 e. The molecule has 0 atom stereocenters. The highest BCUT2D eigenvalue weighted by Gasteiger charge is 2.38. The molecule has 0 aromatic carbocycles. The van der Waals surface area contributed by atoms with Crippen molar-refractivity contribution in [1.82, 2.24) is 0 Å². The molecule has 0 fully saturated rings. The predicted molar refractivity (Wildman–Crippen MR) is 75.4 cm³/mol. The number of hydrogen-bond donors (Lipinski definition) is 4. The summed E-state index contributed by atoms with van der Waals surface area (Å²) in [6.45, 7) is 0. The van der Waals surface area contributed by atoms with E-state index in [2.05, 4.69) is 0 Å². The molecule has 0 unspecified atom stereocenters. The molecule has 21 heavy (non-hydrogen) atoms. The van der Waals surface area contributed by atoms with E-state index in [9.17, 15) is 19.2 Å². The lowest BCUT2D eigenvalue weighted by Crippen LogP contribution is -2.19. The van der Waals surface area contributed by atoms with Gasteiger partial charge < -0.3 is 20.4 Å². The zero-order chi connectivity index (χ0) is 16.5. The monoisotopic (exact) mass is 323 g/mol. The van der Waals surface area contributed by atoms with Crippen molar-refractivity contribution >= 4 is 31.1 Å². The van der Waals surface area contributed by atoms with Gasteiger partial charge in [0.25, 0.3) is 0 Å². The Kier molecular flexibility index (Phi) is 8.54. The summed E-state index contributed by atoms with van der Waals surface area (Å²) in [5.74, 6) is -4.22. The second-order valence-electron chi connectivity index (χ2n) is 4.81. The maximum absolute atomic E-state index is 10.7. The Morgan fingerprint density at radius 2 is 0.714 bits per heavy atom. The second-order valence-corrected chi connectivity index (χ2v) is 9.28. The van der Waals surface area contributed by atoms with Crippen LogP contribution in [-0.2, 0) is 19.2 Å². The van der Waals surface area contributed by atoms with Gasteiger partial charge in [-0.05, 0) is 0 Å². The fourth-order valence-electron chi connectivity index (χ4n) is 2.00. The topological polar surface area (TPSA) is 149 Å². The molecule has 0 rings (SSSR count). The Bertz CT molecular complexity index is 329. The quantitative estimate of drug-likeness (QED) is 0.387. The average Bonchev–Trinajstić information content (AvgIpc) is 2.36. The van der Waals surface area contributed by atoms with Crippen LogP contribution >= 0.6 is 7.26 Å². The molecule has 8 nitrogen and oxygen atoms in total. The SMILES string of the molecule is O=C(O)CC[P+](CCC(=O)O)(CCC(=O)O)CCC(=O)O. The van der Waals surface area contributed by atoms with Gasteiger partial charge in [0.2, 0.25) is 0 Å². The molecule has 0 heterocycles. The maximum atomic E-state index is 10.7. The van der Waals surface area contributed by atoms with Crippen LogP contribution in [0, 0.1) is 0 Å². The summed E-state index contributed by atoms with van der Waals surface area (Å²) in [5, 5.41) is 35.1. The fourth-order valence-corrected chi connectivity index (χ4v) is 6.01. The first-order chi connectivity index (χ1) is 9.67. The minimum absolute atomic E-state index is 0.177. The molecule has 0 radical (unpaired) electrons. The third-order valence-electron chi connectivity index (χ3n) is 3.20. The summed E-state index contributed by atoms with van der Waals surface area (Å²) in [5.41, 5.74) is 0. The van der Waals surface area contributed by atoms with Crippen LogP contribution < -0.4 is 0 Å². The molecule has 0 saturated carbocycles. The van der Waals surface area contributed by atoms with Crippen LogP contribution in [0.2, 0.25) is 0 Å². The Balaban J connectivity index is 5.02. The van der Waals surface area contributed by atoms with Crippen LogP contribution in [-0.4, -0.2) is 69.0 Å². The van der Waals surface area contributed by atoms with Crippen molar-refractivity contribution in [1.29, 1.82) is 0 Å². The van der Waals surface area contributed by atoms with Crippen LogP contribution in [0.5, 0.6) is 0 Å². The van der Waals surface area contributed by atoms with Crippen molar-refractivity contribution in [2.75, 3.05) is 24.6 Å². The molecule has 0 aliphatic heterocycles. The molecular formula is C12H20O8P+. The number of hydrogen-bond acceptors (Lipinski definition) is 4. The van der Waals surface area contributed by atoms with Gasteiger partial charge in [0.1, 0.15) is 0 Å². The second kappa shape index (κ2) is 9.28. The zero-order valence-electron chi connectivity index (χ0n) is 11.5.